The Morgan fingerprint density at radius 2 is 2.33 bits per heavy atom. The second-order valence-electron chi connectivity index (χ2n) is 4.47. The van der Waals surface area contributed by atoms with Gasteiger partial charge in [0.05, 0.1) is 17.4 Å². The van der Waals surface area contributed by atoms with Crippen LogP contribution in [0.25, 0.3) is 0 Å². The van der Waals surface area contributed by atoms with E-state index in [1.165, 1.54) is 0 Å². The molecule has 1 fully saturated rings. The van der Waals surface area contributed by atoms with Gasteiger partial charge in [-0.2, -0.15) is 17.7 Å². The molecule has 1 aromatic rings. The van der Waals surface area contributed by atoms with Crippen molar-refractivity contribution in [3.05, 3.63) is 11.9 Å². The summed E-state index contributed by atoms with van der Waals surface area (Å²) in [6.45, 7) is 3.47. The van der Waals surface area contributed by atoms with Crippen molar-refractivity contribution in [2.75, 3.05) is 24.3 Å². The molecule has 1 saturated heterocycles. The number of thiol groups is 1. The number of carbonyl (C=O) groups excluding carboxylic acids is 1. The standard InChI is InChI=1S/C12H19N3O2S/c1-9-11(13-12(16)4-7-18)8-15(14-9)10-2-5-17-6-3-10/h8,10,18H,2-7H2,1H3,(H,13,16). The van der Waals surface area contributed by atoms with Crippen LogP contribution in [0.5, 0.6) is 0 Å². The number of rotatable bonds is 4. The lowest BCUT2D eigenvalue weighted by atomic mass is 10.1. The van der Waals surface area contributed by atoms with Crippen molar-refractivity contribution in [2.24, 2.45) is 0 Å². The van der Waals surface area contributed by atoms with Gasteiger partial charge in [0.25, 0.3) is 0 Å². The fraction of sp³-hybridized carbons (Fsp3) is 0.667. The topological polar surface area (TPSA) is 56.1 Å². The first kappa shape index (κ1) is 13.4. The van der Waals surface area contributed by atoms with E-state index in [-0.39, 0.29) is 5.91 Å². The summed E-state index contributed by atoms with van der Waals surface area (Å²) >= 11 is 4.05. The minimum Gasteiger partial charge on any atom is -0.381 e. The molecule has 0 atom stereocenters. The number of nitrogens with one attached hydrogen (secondary N) is 1. The molecule has 1 aromatic heterocycles. The quantitative estimate of drug-likeness (QED) is 0.820. The number of ether oxygens (including phenoxy) is 1. The van der Waals surface area contributed by atoms with Crippen molar-refractivity contribution < 1.29 is 9.53 Å². The average molecular weight is 269 g/mol. The van der Waals surface area contributed by atoms with Crippen LogP contribution in [0.4, 0.5) is 5.69 Å². The lowest BCUT2D eigenvalue weighted by molar-refractivity contribution is -0.115. The fourth-order valence-corrected chi connectivity index (χ4v) is 2.26. The normalized spacial score (nSPS) is 16.8. The van der Waals surface area contributed by atoms with E-state index in [2.05, 4.69) is 23.0 Å². The summed E-state index contributed by atoms with van der Waals surface area (Å²) in [7, 11) is 0. The van der Waals surface area contributed by atoms with Gasteiger partial charge in [-0.25, -0.2) is 0 Å². The zero-order valence-corrected chi connectivity index (χ0v) is 11.4. The highest BCUT2D eigenvalue weighted by atomic mass is 32.1. The second-order valence-corrected chi connectivity index (χ2v) is 4.92. The van der Waals surface area contributed by atoms with Gasteiger partial charge in [0.15, 0.2) is 0 Å². The highest BCUT2D eigenvalue weighted by Crippen LogP contribution is 2.23. The van der Waals surface area contributed by atoms with Crippen LogP contribution >= 0.6 is 12.6 Å². The largest absolute Gasteiger partial charge is 0.381 e. The van der Waals surface area contributed by atoms with Crippen molar-refractivity contribution in [2.45, 2.75) is 32.2 Å². The molecule has 0 bridgehead atoms. The van der Waals surface area contributed by atoms with E-state index in [0.29, 0.717) is 18.2 Å². The Morgan fingerprint density at radius 3 is 3.00 bits per heavy atom. The maximum atomic E-state index is 11.5. The molecule has 0 aliphatic carbocycles. The molecule has 6 heteroatoms. The third kappa shape index (κ3) is 3.26. The predicted molar refractivity (Wildman–Crippen MR) is 73.2 cm³/mol. The monoisotopic (exact) mass is 269 g/mol. The van der Waals surface area contributed by atoms with E-state index in [4.69, 9.17) is 4.74 Å². The molecule has 5 nitrogen and oxygen atoms in total. The zero-order chi connectivity index (χ0) is 13.0. The summed E-state index contributed by atoms with van der Waals surface area (Å²) in [6, 6.07) is 0.382. The molecule has 0 unspecified atom stereocenters. The molecule has 0 saturated carbocycles. The first-order valence-electron chi connectivity index (χ1n) is 6.25. The number of carbonyl (C=O) groups is 1. The van der Waals surface area contributed by atoms with Gasteiger partial charge in [-0.05, 0) is 25.5 Å². The Balaban J connectivity index is 2.03. The molecule has 1 N–H and O–H groups in total. The Hall–Kier alpha value is -1.01. The summed E-state index contributed by atoms with van der Waals surface area (Å²) in [5.74, 6) is 0.540. The molecule has 2 rings (SSSR count). The number of hydrogen-bond acceptors (Lipinski definition) is 4. The van der Waals surface area contributed by atoms with Crippen LogP contribution < -0.4 is 5.32 Å². The average Bonchev–Trinajstić information content (AvgIpc) is 2.72. The maximum absolute atomic E-state index is 11.5. The maximum Gasteiger partial charge on any atom is 0.225 e. The summed E-state index contributed by atoms with van der Waals surface area (Å²) < 4.78 is 7.29. The Kier molecular flexibility index (Phi) is 4.66. The van der Waals surface area contributed by atoms with Crippen molar-refractivity contribution in [1.82, 2.24) is 9.78 Å². The molecular weight excluding hydrogens is 250 g/mol. The number of anilines is 1. The molecule has 100 valence electrons. The van der Waals surface area contributed by atoms with Gasteiger partial charge < -0.3 is 10.1 Å². The third-order valence-electron chi connectivity index (χ3n) is 3.09. The van der Waals surface area contributed by atoms with Crippen LogP contribution in [0, 0.1) is 6.92 Å². The summed E-state index contributed by atoms with van der Waals surface area (Å²) in [4.78, 5) is 11.5. The van der Waals surface area contributed by atoms with E-state index in [9.17, 15) is 4.79 Å². The van der Waals surface area contributed by atoms with E-state index < -0.39 is 0 Å². The van der Waals surface area contributed by atoms with Crippen LogP contribution in [0.15, 0.2) is 6.20 Å². The summed E-state index contributed by atoms with van der Waals surface area (Å²) in [6.07, 6.45) is 4.29. The zero-order valence-electron chi connectivity index (χ0n) is 10.6. The first-order valence-corrected chi connectivity index (χ1v) is 6.88. The van der Waals surface area contributed by atoms with Crippen LogP contribution in [-0.2, 0) is 9.53 Å². The first-order chi connectivity index (χ1) is 8.70. The number of aryl methyl sites for hydroxylation is 1. The molecule has 2 heterocycles. The Morgan fingerprint density at radius 1 is 1.61 bits per heavy atom. The van der Waals surface area contributed by atoms with Crippen molar-refractivity contribution in [3.8, 4) is 0 Å². The molecule has 0 spiro atoms. The Labute approximate surface area is 112 Å². The number of aromatic nitrogens is 2. The summed E-state index contributed by atoms with van der Waals surface area (Å²) in [5.41, 5.74) is 1.65. The minimum absolute atomic E-state index is 0.0142. The van der Waals surface area contributed by atoms with E-state index in [1.54, 1.807) is 0 Å². The van der Waals surface area contributed by atoms with Gasteiger partial charge in [-0.15, -0.1) is 0 Å². The smallest absolute Gasteiger partial charge is 0.225 e. The number of nitrogens with zero attached hydrogens (tertiary/aromatic N) is 2. The van der Waals surface area contributed by atoms with E-state index in [0.717, 1.165) is 37.4 Å². The molecule has 1 aliphatic heterocycles. The van der Waals surface area contributed by atoms with E-state index in [1.807, 2.05) is 17.8 Å². The van der Waals surface area contributed by atoms with E-state index >= 15 is 0 Å². The summed E-state index contributed by atoms with van der Waals surface area (Å²) in [5, 5.41) is 7.34. The second kappa shape index (κ2) is 6.24. The van der Waals surface area contributed by atoms with Crippen LogP contribution in [-0.4, -0.2) is 34.7 Å². The lowest BCUT2D eigenvalue weighted by Crippen LogP contribution is -2.20. The van der Waals surface area contributed by atoms with Gasteiger partial charge in [0.1, 0.15) is 0 Å². The fourth-order valence-electron chi connectivity index (χ4n) is 2.06. The molecule has 0 radical (unpaired) electrons. The number of hydrogen-bond donors (Lipinski definition) is 2. The van der Waals surface area contributed by atoms with Gasteiger partial charge in [-0.3, -0.25) is 9.48 Å². The minimum atomic E-state index is -0.0142. The van der Waals surface area contributed by atoms with Crippen LogP contribution in [0.2, 0.25) is 0 Å². The van der Waals surface area contributed by atoms with Crippen molar-refractivity contribution >= 4 is 24.2 Å². The molecule has 1 amide bonds. The molecule has 18 heavy (non-hydrogen) atoms. The highest BCUT2D eigenvalue weighted by Gasteiger charge is 2.18. The predicted octanol–water partition coefficient (Wildman–Crippen LogP) is 1.80. The van der Waals surface area contributed by atoms with Gasteiger partial charge in [-0.1, -0.05) is 0 Å². The van der Waals surface area contributed by atoms with Crippen molar-refractivity contribution in [1.29, 1.82) is 0 Å². The molecule has 0 aromatic carbocycles. The van der Waals surface area contributed by atoms with Gasteiger partial charge in [0.2, 0.25) is 5.91 Å². The SMILES string of the molecule is Cc1nn(C2CCOCC2)cc1NC(=O)CCS. The lowest BCUT2D eigenvalue weighted by Gasteiger charge is -2.22. The van der Waals surface area contributed by atoms with Crippen LogP contribution in [0.1, 0.15) is 31.0 Å². The molecular formula is C12H19N3O2S. The Bertz CT molecular complexity index is 413. The van der Waals surface area contributed by atoms with Gasteiger partial charge >= 0.3 is 0 Å². The van der Waals surface area contributed by atoms with Gasteiger partial charge in [0, 0.05) is 25.8 Å². The molecule has 1 aliphatic rings. The highest BCUT2D eigenvalue weighted by molar-refractivity contribution is 7.80. The third-order valence-corrected chi connectivity index (χ3v) is 3.32. The van der Waals surface area contributed by atoms with Crippen molar-refractivity contribution in [3.63, 3.8) is 0 Å². The van der Waals surface area contributed by atoms with Crippen LogP contribution in [0.3, 0.4) is 0 Å². The number of amides is 1.